The van der Waals surface area contributed by atoms with Gasteiger partial charge in [-0.05, 0) is 42.5 Å². The monoisotopic (exact) mass is 374 g/mol. The van der Waals surface area contributed by atoms with Crippen molar-refractivity contribution in [3.63, 3.8) is 0 Å². The van der Waals surface area contributed by atoms with Crippen LogP contribution in [0.2, 0.25) is 10.0 Å². The van der Waals surface area contributed by atoms with Gasteiger partial charge in [0.05, 0.1) is 16.3 Å². The third-order valence-corrected chi connectivity index (χ3v) is 3.76. The van der Waals surface area contributed by atoms with E-state index in [4.69, 9.17) is 28.3 Å². The highest BCUT2D eigenvalue weighted by molar-refractivity contribution is 6.36. The van der Waals surface area contributed by atoms with Crippen LogP contribution in [0.25, 0.3) is 0 Å². The summed E-state index contributed by atoms with van der Waals surface area (Å²) in [7, 11) is 0. The molecule has 3 rings (SSSR count). The standard InChI is InChI=1S/C17H12Cl2N4O2/c18-11-4-5-14(13(19)9-11)22-17-20-7-6-15(23-17)21-12-3-1-2-10(8-12)16(24)25/h1-9H,(H,24,25)(H2,20,21,22,23). The molecule has 0 aliphatic rings. The molecule has 3 N–H and O–H groups in total. The summed E-state index contributed by atoms with van der Waals surface area (Å²) in [6, 6.07) is 13.2. The fourth-order valence-electron chi connectivity index (χ4n) is 2.08. The van der Waals surface area contributed by atoms with Crippen LogP contribution in [-0.2, 0) is 0 Å². The maximum Gasteiger partial charge on any atom is 0.335 e. The summed E-state index contributed by atoms with van der Waals surface area (Å²) in [6.07, 6.45) is 1.57. The van der Waals surface area contributed by atoms with E-state index in [1.54, 1.807) is 42.6 Å². The van der Waals surface area contributed by atoms with Gasteiger partial charge in [0, 0.05) is 16.9 Å². The van der Waals surface area contributed by atoms with Crippen molar-refractivity contribution in [1.82, 2.24) is 9.97 Å². The van der Waals surface area contributed by atoms with Crippen LogP contribution < -0.4 is 10.6 Å². The number of halogens is 2. The zero-order chi connectivity index (χ0) is 17.8. The van der Waals surface area contributed by atoms with Crippen molar-refractivity contribution in [2.45, 2.75) is 0 Å². The Hall–Kier alpha value is -2.83. The van der Waals surface area contributed by atoms with Crippen LogP contribution in [0.4, 0.5) is 23.1 Å². The van der Waals surface area contributed by atoms with Crippen LogP contribution in [0.1, 0.15) is 10.4 Å². The number of rotatable bonds is 5. The van der Waals surface area contributed by atoms with Gasteiger partial charge in [0.1, 0.15) is 5.82 Å². The highest BCUT2D eigenvalue weighted by Crippen LogP contribution is 2.27. The summed E-state index contributed by atoms with van der Waals surface area (Å²) in [5.41, 5.74) is 1.41. The Morgan fingerprint density at radius 2 is 1.88 bits per heavy atom. The van der Waals surface area contributed by atoms with E-state index in [0.717, 1.165) is 0 Å². The Balaban J connectivity index is 1.79. The molecule has 8 heteroatoms. The molecule has 0 spiro atoms. The molecule has 0 bridgehead atoms. The molecule has 0 fully saturated rings. The fraction of sp³-hybridized carbons (Fsp3) is 0. The minimum atomic E-state index is -0.994. The van der Waals surface area contributed by atoms with Crippen LogP contribution in [-0.4, -0.2) is 21.0 Å². The van der Waals surface area contributed by atoms with Gasteiger partial charge >= 0.3 is 5.97 Å². The first-order valence-electron chi connectivity index (χ1n) is 7.17. The lowest BCUT2D eigenvalue weighted by molar-refractivity contribution is 0.0697. The molecule has 0 saturated carbocycles. The summed E-state index contributed by atoms with van der Waals surface area (Å²) in [5.74, 6) is -0.153. The summed E-state index contributed by atoms with van der Waals surface area (Å²) < 4.78 is 0. The summed E-state index contributed by atoms with van der Waals surface area (Å²) in [6.45, 7) is 0. The number of hydrogen-bond donors (Lipinski definition) is 3. The molecule has 1 aromatic heterocycles. The molecular weight excluding hydrogens is 363 g/mol. The van der Waals surface area contributed by atoms with E-state index in [1.165, 1.54) is 12.1 Å². The van der Waals surface area contributed by atoms with Gasteiger partial charge in [-0.2, -0.15) is 4.98 Å². The van der Waals surface area contributed by atoms with Gasteiger partial charge < -0.3 is 15.7 Å². The minimum absolute atomic E-state index is 0.186. The van der Waals surface area contributed by atoms with Gasteiger partial charge in [0.15, 0.2) is 0 Å². The predicted octanol–water partition coefficient (Wildman–Crippen LogP) is 4.97. The second-order valence-corrected chi connectivity index (χ2v) is 5.87. The van der Waals surface area contributed by atoms with E-state index in [0.29, 0.717) is 33.2 Å². The van der Waals surface area contributed by atoms with Crippen LogP contribution in [0.5, 0.6) is 0 Å². The maximum atomic E-state index is 11.0. The van der Waals surface area contributed by atoms with E-state index in [9.17, 15) is 4.79 Å². The molecule has 126 valence electrons. The molecule has 1 heterocycles. The minimum Gasteiger partial charge on any atom is -0.478 e. The van der Waals surface area contributed by atoms with Crippen molar-refractivity contribution in [2.24, 2.45) is 0 Å². The van der Waals surface area contributed by atoms with Gasteiger partial charge in [0.2, 0.25) is 5.95 Å². The number of carboxylic acids is 1. The summed E-state index contributed by atoms with van der Waals surface area (Å²) >= 11 is 12.0. The molecule has 0 saturated heterocycles. The van der Waals surface area contributed by atoms with Gasteiger partial charge in [-0.3, -0.25) is 0 Å². The van der Waals surface area contributed by atoms with E-state index in [-0.39, 0.29) is 5.56 Å². The van der Waals surface area contributed by atoms with Crippen LogP contribution >= 0.6 is 23.2 Å². The lowest BCUT2D eigenvalue weighted by Crippen LogP contribution is -2.02. The number of hydrogen-bond acceptors (Lipinski definition) is 5. The highest BCUT2D eigenvalue weighted by Gasteiger charge is 2.06. The quantitative estimate of drug-likeness (QED) is 0.584. The second kappa shape index (κ2) is 7.38. The number of anilines is 4. The predicted molar refractivity (Wildman–Crippen MR) is 98.5 cm³/mol. The number of carboxylic acid groups (broad SMARTS) is 1. The Labute approximate surface area is 153 Å². The molecule has 6 nitrogen and oxygen atoms in total. The normalized spacial score (nSPS) is 10.3. The summed E-state index contributed by atoms with van der Waals surface area (Å²) in [5, 5.41) is 16.1. The van der Waals surface area contributed by atoms with Crippen molar-refractivity contribution in [3.05, 3.63) is 70.3 Å². The zero-order valence-corrected chi connectivity index (χ0v) is 14.2. The van der Waals surface area contributed by atoms with Crippen LogP contribution in [0.3, 0.4) is 0 Å². The van der Waals surface area contributed by atoms with Gasteiger partial charge in [0.25, 0.3) is 0 Å². The molecule has 25 heavy (non-hydrogen) atoms. The lowest BCUT2D eigenvalue weighted by atomic mass is 10.2. The average molecular weight is 375 g/mol. The first-order chi connectivity index (χ1) is 12.0. The van der Waals surface area contributed by atoms with Gasteiger partial charge in [-0.25, -0.2) is 9.78 Å². The van der Waals surface area contributed by atoms with Gasteiger partial charge in [-0.1, -0.05) is 29.3 Å². The molecule has 0 unspecified atom stereocenters. The number of nitrogens with zero attached hydrogens (tertiary/aromatic N) is 2. The van der Waals surface area contributed by atoms with E-state index in [2.05, 4.69) is 20.6 Å². The molecule has 0 amide bonds. The Morgan fingerprint density at radius 1 is 1.04 bits per heavy atom. The SMILES string of the molecule is O=C(O)c1cccc(Nc2ccnc(Nc3ccc(Cl)cc3Cl)n2)c1. The molecule has 0 atom stereocenters. The molecule has 0 radical (unpaired) electrons. The Bertz CT molecular complexity index is 934. The number of nitrogens with one attached hydrogen (secondary N) is 2. The van der Waals surface area contributed by atoms with Crippen molar-refractivity contribution in [3.8, 4) is 0 Å². The smallest absolute Gasteiger partial charge is 0.335 e. The third kappa shape index (κ3) is 4.37. The molecule has 3 aromatic rings. The van der Waals surface area contributed by atoms with Crippen LogP contribution in [0.15, 0.2) is 54.7 Å². The van der Waals surface area contributed by atoms with Crippen molar-refractivity contribution in [1.29, 1.82) is 0 Å². The van der Waals surface area contributed by atoms with Crippen molar-refractivity contribution in [2.75, 3.05) is 10.6 Å². The van der Waals surface area contributed by atoms with E-state index in [1.807, 2.05) is 0 Å². The average Bonchev–Trinajstić information content (AvgIpc) is 2.58. The topological polar surface area (TPSA) is 87.1 Å². The fourth-order valence-corrected chi connectivity index (χ4v) is 2.53. The molecule has 2 aromatic carbocycles. The first-order valence-corrected chi connectivity index (χ1v) is 7.92. The van der Waals surface area contributed by atoms with E-state index < -0.39 is 5.97 Å². The maximum absolute atomic E-state index is 11.0. The number of aromatic nitrogens is 2. The lowest BCUT2D eigenvalue weighted by Gasteiger charge is -2.10. The third-order valence-electron chi connectivity index (χ3n) is 3.22. The number of carbonyl (C=O) groups is 1. The first kappa shape index (κ1) is 17.0. The highest BCUT2D eigenvalue weighted by atomic mass is 35.5. The van der Waals surface area contributed by atoms with Crippen molar-refractivity contribution < 1.29 is 9.90 Å². The number of aromatic carboxylic acids is 1. The molecular formula is C17H12Cl2N4O2. The Kier molecular flexibility index (Phi) is 5.02. The molecule has 0 aliphatic heterocycles. The zero-order valence-electron chi connectivity index (χ0n) is 12.7. The van der Waals surface area contributed by atoms with E-state index >= 15 is 0 Å². The van der Waals surface area contributed by atoms with Crippen molar-refractivity contribution >= 4 is 52.3 Å². The summed E-state index contributed by atoms with van der Waals surface area (Å²) in [4.78, 5) is 19.5. The Morgan fingerprint density at radius 3 is 2.64 bits per heavy atom. The van der Waals surface area contributed by atoms with Gasteiger partial charge in [-0.15, -0.1) is 0 Å². The largest absolute Gasteiger partial charge is 0.478 e. The number of benzene rings is 2. The molecule has 0 aliphatic carbocycles. The van der Waals surface area contributed by atoms with Crippen LogP contribution in [0, 0.1) is 0 Å². The second-order valence-electron chi connectivity index (χ2n) is 5.03.